The smallest absolute Gasteiger partial charge is 0.272 e. The Labute approximate surface area is 172 Å². The quantitative estimate of drug-likeness (QED) is 0.454. The highest BCUT2D eigenvalue weighted by Crippen LogP contribution is 2.32. The molecule has 4 rings (SSSR count). The van der Waals surface area contributed by atoms with Crippen LogP contribution in [0.3, 0.4) is 0 Å². The van der Waals surface area contributed by atoms with Crippen LogP contribution in [0.4, 0.5) is 0 Å². The van der Waals surface area contributed by atoms with Crippen molar-refractivity contribution < 1.29 is 19.0 Å². The lowest BCUT2D eigenvalue weighted by Crippen LogP contribution is -2.15. The van der Waals surface area contributed by atoms with Gasteiger partial charge in [-0.1, -0.05) is 23.5 Å². The van der Waals surface area contributed by atoms with E-state index in [-0.39, 0.29) is 12.7 Å². The largest absolute Gasteiger partial charge is 0.494 e. The summed E-state index contributed by atoms with van der Waals surface area (Å²) >= 11 is 1.45. The fraction of sp³-hybridized carbons (Fsp3) is 0.182. The molecule has 7 heteroatoms. The average Bonchev–Trinajstić information content (AvgIpc) is 3.31. The first-order valence-electron chi connectivity index (χ1n) is 9.21. The number of rotatable bonds is 6. The average molecular weight is 408 g/mol. The van der Waals surface area contributed by atoms with Crippen LogP contribution in [0.25, 0.3) is 16.3 Å². The number of carbonyl (C=O) groups is 1. The topological polar surface area (TPSA) is 62.1 Å². The number of ether oxygens (including phenoxy) is 3. The molecular formula is C22H20N2O4S. The summed E-state index contributed by atoms with van der Waals surface area (Å²) in [5.74, 6) is 1.85. The van der Waals surface area contributed by atoms with Gasteiger partial charge in [-0.05, 0) is 48.9 Å². The molecule has 0 aliphatic carbocycles. The van der Waals surface area contributed by atoms with Crippen LogP contribution < -0.4 is 19.0 Å². The SMILES string of the molecule is C=CCn1c(=NC(=O)/C=C\c2ccc3c(c2)OCO3)sc2cc(OCC)ccc21. The summed E-state index contributed by atoms with van der Waals surface area (Å²) in [6, 6.07) is 11.4. The Morgan fingerprint density at radius 1 is 1.28 bits per heavy atom. The Hall–Kier alpha value is -3.32. The van der Waals surface area contributed by atoms with E-state index in [1.165, 1.54) is 17.4 Å². The van der Waals surface area contributed by atoms with Gasteiger partial charge in [0.1, 0.15) is 5.75 Å². The van der Waals surface area contributed by atoms with E-state index in [0.29, 0.717) is 29.5 Å². The van der Waals surface area contributed by atoms with Crippen molar-refractivity contribution in [3.8, 4) is 17.2 Å². The minimum absolute atomic E-state index is 0.219. The van der Waals surface area contributed by atoms with E-state index in [2.05, 4.69) is 11.6 Å². The van der Waals surface area contributed by atoms with Crippen LogP contribution in [0, 0.1) is 0 Å². The summed E-state index contributed by atoms with van der Waals surface area (Å²) in [4.78, 5) is 17.4. The Bertz CT molecular complexity index is 1170. The van der Waals surface area contributed by atoms with Crippen LogP contribution in [0.5, 0.6) is 17.2 Å². The molecular weight excluding hydrogens is 388 g/mol. The molecule has 29 heavy (non-hydrogen) atoms. The molecule has 0 fully saturated rings. The molecule has 2 heterocycles. The Morgan fingerprint density at radius 2 is 2.14 bits per heavy atom. The number of fused-ring (bicyclic) bond motifs is 2. The zero-order valence-electron chi connectivity index (χ0n) is 16.0. The first-order valence-corrected chi connectivity index (χ1v) is 10.0. The lowest BCUT2D eigenvalue weighted by Gasteiger charge is -2.04. The van der Waals surface area contributed by atoms with Gasteiger partial charge in [0.15, 0.2) is 16.3 Å². The summed E-state index contributed by atoms with van der Waals surface area (Å²) < 4.78 is 19.2. The van der Waals surface area contributed by atoms with Gasteiger partial charge in [0.25, 0.3) is 5.91 Å². The maximum atomic E-state index is 12.5. The number of allylic oxidation sites excluding steroid dienone is 1. The third-order valence-electron chi connectivity index (χ3n) is 4.30. The number of aromatic nitrogens is 1. The molecule has 1 aromatic heterocycles. The minimum atomic E-state index is -0.336. The summed E-state index contributed by atoms with van der Waals surface area (Å²) in [6.07, 6.45) is 4.95. The Balaban J connectivity index is 1.64. The number of thiazole rings is 1. The number of nitrogens with zero attached hydrogens (tertiary/aromatic N) is 2. The van der Waals surface area contributed by atoms with Crippen LogP contribution in [0.1, 0.15) is 12.5 Å². The third kappa shape index (κ3) is 4.09. The summed E-state index contributed by atoms with van der Waals surface area (Å²) in [7, 11) is 0. The number of carbonyl (C=O) groups excluding carboxylic acids is 1. The van der Waals surface area contributed by atoms with Crippen molar-refractivity contribution >= 4 is 33.5 Å². The second-order valence-electron chi connectivity index (χ2n) is 6.24. The van der Waals surface area contributed by atoms with Crippen molar-refractivity contribution in [2.75, 3.05) is 13.4 Å². The third-order valence-corrected chi connectivity index (χ3v) is 5.34. The minimum Gasteiger partial charge on any atom is -0.494 e. The first-order chi connectivity index (χ1) is 14.2. The maximum absolute atomic E-state index is 12.5. The molecule has 0 saturated carbocycles. The number of hydrogen-bond donors (Lipinski definition) is 0. The number of hydrogen-bond acceptors (Lipinski definition) is 5. The predicted octanol–water partition coefficient (Wildman–Crippen LogP) is 4.16. The van der Waals surface area contributed by atoms with Crippen molar-refractivity contribution in [1.29, 1.82) is 0 Å². The fourth-order valence-electron chi connectivity index (χ4n) is 3.02. The first kappa shape index (κ1) is 19.0. The standard InChI is InChI=1S/C22H20N2O4S/c1-3-11-24-17-8-7-16(26-4-2)13-20(17)29-22(24)23-21(25)10-6-15-5-9-18-19(12-15)28-14-27-18/h3,5-10,12-13H,1,4,11,14H2,2H3/b10-6-,23-22?. The molecule has 2 aromatic carbocycles. The normalized spacial score (nSPS) is 13.3. The second kappa shape index (κ2) is 8.36. The van der Waals surface area contributed by atoms with Gasteiger partial charge in [-0.2, -0.15) is 4.99 Å². The van der Waals surface area contributed by atoms with Crippen molar-refractivity contribution in [3.63, 3.8) is 0 Å². The van der Waals surface area contributed by atoms with Crippen molar-refractivity contribution in [2.45, 2.75) is 13.5 Å². The summed E-state index contributed by atoms with van der Waals surface area (Å²) in [5.41, 5.74) is 1.83. The predicted molar refractivity (Wildman–Crippen MR) is 113 cm³/mol. The lowest BCUT2D eigenvalue weighted by atomic mass is 10.2. The highest BCUT2D eigenvalue weighted by molar-refractivity contribution is 7.16. The molecule has 0 unspecified atom stereocenters. The maximum Gasteiger partial charge on any atom is 0.272 e. The molecule has 0 radical (unpaired) electrons. The molecule has 1 aliphatic rings. The van der Waals surface area contributed by atoms with Gasteiger partial charge in [0, 0.05) is 12.6 Å². The van der Waals surface area contributed by atoms with Crippen molar-refractivity contribution in [3.05, 3.63) is 65.5 Å². The van der Waals surface area contributed by atoms with E-state index < -0.39 is 0 Å². The molecule has 148 valence electrons. The molecule has 1 aliphatic heterocycles. The van der Waals surface area contributed by atoms with Crippen LogP contribution in [0.15, 0.2) is 60.1 Å². The second-order valence-corrected chi connectivity index (χ2v) is 7.25. The number of benzene rings is 2. The highest BCUT2D eigenvalue weighted by atomic mass is 32.1. The van der Waals surface area contributed by atoms with Crippen LogP contribution in [0.2, 0.25) is 0 Å². The molecule has 0 saturated heterocycles. The van der Waals surface area contributed by atoms with Gasteiger partial charge in [0.2, 0.25) is 6.79 Å². The van der Waals surface area contributed by atoms with Crippen LogP contribution >= 0.6 is 11.3 Å². The molecule has 6 nitrogen and oxygen atoms in total. The van der Waals surface area contributed by atoms with Gasteiger partial charge in [-0.3, -0.25) is 4.79 Å². The molecule has 0 atom stereocenters. The van der Waals surface area contributed by atoms with Gasteiger partial charge >= 0.3 is 0 Å². The van der Waals surface area contributed by atoms with Crippen LogP contribution in [-0.2, 0) is 11.3 Å². The van der Waals surface area contributed by atoms with E-state index in [1.807, 2.05) is 47.9 Å². The Morgan fingerprint density at radius 3 is 2.97 bits per heavy atom. The van der Waals surface area contributed by atoms with Crippen molar-refractivity contribution in [2.24, 2.45) is 4.99 Å². The molecule has 0 spiro atoms. The monoisotopic (exact) mass is 408 g/mol. The molecule has 0 bridgehead atoms. The van der Waals surface area contributed by atoms with E-state index in [9.17, 15) is 4.79 Å². The van der Waals surface area contributed by atoms with Gasteiger partial charge in [-0.25, -0.2) is 0 Å². The van der Waals surface area contributed by atoms with E-state index in [1.54, 1.807) is 12.2 Å². The molecule has 0 N–H and O–H groups in total. The van der Waals surface area contributed by atoms with Crippen molar-refractivity contribution in [1.82, 2.24) is 4.57 Å². The molecule has 1 amide bonds. The van der Waals surface area contributed by atoms with Gasteiger partial charge < -0.3 is 18.8 Å². The van der Waals surface area contributed by atoms with Gasteiger partial charge in [-0.15, -0.1) is 6.58 Å². The van der Waals surface area contributed by atoms with Gasteiger partial charge in [0.05, 0.1) is 16.8 Å². The number of amides is 1. The molecule has 3 aromatic rings. The summed E-state index contributed by atoms with van der Waals surface area (Å²) in [6.45, 7) is 7.14. The van der Waals surface area contributed by atoms with Crippen LogP contribution in [-0.4, -0.2) is 23.9 Å². The highest BCUT2D eigenvalue weighted by Gasteiger charge is 2.12. The van der Waals surface area contributed by atoms with E-state index in [0.717, 1.165) is 21.5 Å². The van der Waals surface area contributed by atoms with E-state index in [4.69, 9.17) is 14.2 Å². The Kier molecular flexibility index (Phi) is 5.48. The fourth-order valence-corrected chi connectivity index (χ4v) is 4.09. The zero-order chi connectivity index (χ0) is 20.2. The lowest BCUT2D eigenvalue weighted by molar-refractivity contribution is -0.113. The zero-order valence-corrected chi connectivity index (χ0v) is 16.8. The van der Waals surface area contributed by atoms with E-state index >= 15 is 0 Å². The summed E-state index contributed by atoms with van der Waals surface area (Å²) in [5, 5.41) is 0.